The van der Waals surface area contributed by atoms with Crippen LogP contribution < -0.4 is 10.1 Å². The first-order chi connectivity index (χ1) is 11.3. The standard InChI is InChI=1S/C18H27ClN2O3/c1-5-23-16-7-6-14(19)10-13(16)11-21-9-8-15(12-21)20-17(22)24-18(2,3)4/h6-7,10,15H,5,8-9,11-12H2,1-4H3,(H,20,22)/t15-/m0/s1. The number of carbonyl (C=O) groups is 1. The lowest BCUT2D eigenvalue weighted by Gasteiger charge is -2.22. The Morgan fingerprint density at radius 2 is 2.17 bits per heavy atom. The largest absolute Gasteiger partial charge is 0.494 e. The molecule has 1 aromatic carbocycles. The van der Waals surface area contributed by atoms with Crippen molar-refractivity contribution in [3.05, 3.63) is 28.8 Å². The Kier molecular flexibility index (Phi) is 6.35. The van der Waals surface area contributed by atoms with E-state index in [1.54, 1.807) is 0 Å². The highest BCUT2D eigenvalue weighted by Crippen LogP contribution is 2.26. The molecular weight excluding hydrogens is 328 g/mol. The predicted octanol–water partition coefficient (Wildman–Crippen LogP) is 3.84. The molecule has 1 aliphatic rings. The van der Waals surface area contributed by atoms with Gasteiger partial charge in [-0.3, -0.25) is 4.90 Å². The fourth-order valence-corrected chi connectivity index (χ4v) is 2.97. The molecule has 1 saturated heterocycles. The van der Waals surface area contributed by atoms with Gasteiger partial charge in [0.15, 0.2) is 0 Å². The molecule has 1 aliphatic heterocycles. The number of amides is 1. The second kappa shape index (κ2) is 8.08. The van der Waals surface area contributed by atoms with Gasteiger partial charge < -0.3 is 14.8 Å². The van der Waals surface area contributed by atoms with Gasteiger partial charge in [-0.1, -0.05) is 11.6 Å². The molecule has 6 heteroatoms. The van der Waals surface area contributed by atoms with Crippen LogP contribution in [0.5, 0.6) is 5.75 Å². The smallest absolute Gasteiger partial charge is 0.407 e. The Hall–Kier alpha value is -1.46. The molecule has 1 aromatic rings. The van der Waals surface area contributed by atoms with E-state index < -0.39 is 5.60 Å². The number of nitrogens with one attached hydrogen (secondary N) is 1. The molecule has 1 heterocycles. The fourth-order valence-electron chi connectivity index (χ4n) is 2.78. The van der Waals surface area contributed by atoms with Crippen molar-refractivity contribution in [1.29, 1.82) is 0 Å². The maximum Gasteiger partial charge on any atom is 0.407 e. The van der Waals surface area contributed by atoms with Crippen molar-refractivity contribution in [3.63, 3.8) is 0 Å². The van der Waals surface area contributed by atoms with Crippen molar-refractivity contribution < 1.29 is 14.3 Å². The van der Waals surface area contributed by atoms with E-state index in [1.807, 2.05) is 45.9 Å². The lowest BCUT2D eigenvalue weighted by Crippen LogP contribution is -2.40. The summed E-state index contributed by atoms with van der Waals surface area (Å²) in [5.41, 5.74) is 0.595. The average molecular weight is 355 g/mol. The van der Waals surface area contributed by atoms with Crippen molar-refractivity contribution in [2.24, 2.45) is 0 Å². The van der Waals surface area contributed by atoms with Crippen LogP contribution in [0.2, 0.25) is 5.02 Å². The van der Waals surface area contributed by atoms with Crippen molar-refractivity contribution >= 4 is 17.7 Å². The highest BCUT2D eigenvalue weighted by molar-refractivity contribution is 6.30. The molecular formula is C18H27ClN2O3. The van der Waals surface area contributed by atoms with Crippen molar-refractivity contribution in [1.82, 2.24) is 10.2 Å². The zero-order chi connectivity index (χ0) is 17.7. The van der Waals surface area contributed by atoms with Crippen LogP contribution in [0, 0.1) is 0 Å². The van der Waals surface area contributed by atoms with Gasteiger partial charge in [-0.2, -0.15) is 0 Å². The summed E-state index contributed by atoms with van der Waals surface area (Å²) in [6.07, 6.45) is 0.552. The monoisotopic (exact) mass is 354 g/mol. The summed E-state index contributed by atoms with van der Waals surface area (Å²) in [5, 5.41) is 3.65. The Balaban J connectivity index is 1.90. The van der Waals surface area contributed by atoms with E-state index in [1.165, 1.54) is 0 Å². The van der Waals surface area contributed by atoms with Gasteiger partial charge >= 0.3 is 6.09 Å². The number of alkyl carbamates (subject to hydrolysis) is 1. The molecule has 0 saturated carbocycles. The van der Waals surface area contributed by atoms with E-state index in [0.717, 1.165) is 37.4 Å². The number of benzene rings is 1. The van der Waals surface area contributed by atoms with Crippen LogP contribution in [-0.4, -0.2) is 42.3 Å². The first-order valence-corrected chi connectivity index (χ1v) is 8.77. The molecule has 0 bridgehead atoms. The van der Waals surface area contributed by atoms with Crippen LogP contribution in [0.1, 0.15) is 39.7 Å². The zero-order valence-corrected chi connectivity index (χ0v) is 15.7. The van der Waals surface area contributed by atoms with E-state index in [2.05, 4.69) is 10.2 Å². The molecule has 2 rings (SSSR count). The molecule has 0 aliphatic carbocycles. The van der Waals surface area contributed by atoms with Crippen LogP contribution in [0.4, 0.5) is 4.79 Å². The quantitative estimate of drug-likeness (QED) is 0.872. The molecule has 0 unspecified atom stereocenters. The lowest BCUT2D eigenvalue weighted by atomic mass is 10.2. The van der Waals surface area contributed by atoms with Gasteiger partial charge in [-0.25, -0.2) is 4.79 Å². The zero-order valence-electron chi connectivity index (χ0n) is 14.9. The predicted molar refractivity (Wildman–Crippen MR) is 95.7 cm³/mol. The molecule has 1 fully saturated rings. The van der Waals surface area contributed by atoms with Crippen molar-refractivity contribution in [2.45, 2.75) is 52.3 Å². The van der Waals surface area contributed by atoms with Crippen LogP contribution in [0.3, 0.4) is 0 Å². The van der Waals surface area contributed by atoms with Crippen molar-refractivity contribution in [3.8, 4) is 5.75 Å². The van der Waals surface area contributed by atoms with Gasteiger partial charge in [0, 0.05) is 36.3 Å². The van der Waals surface area contributed by atoms with E-state index in [4.69, 9.17) is 21.1 Å². The maximum atomic E-state index is 11.9. The van der Waals surface area contributed by atoms with E-state index in [-0.39, 0.29) is 12.1 Å². The number of nitrogens with zero attached hydrogens (tertiary/aromatic N) is 1. The number of ether oxygens (including phenoxy) is 2. The highest BCUT2D eigenvalue weighted by atomic mass is 35.5. The third-order valence-corrected chi connectivity index (χ3v) is 3.94. The van der Waals surface area contributed by atoms with Crippen LogP contribution >= 0.6 is 11.6 Å². The summed E-state index contributed by atoms with van der Waals surface area (Å²) in [6, 6.07) is 5.80. The Bertz CT molecular complexity index is 572. The minimum Gasteiger partial charge on any atom is -0.494 e. The van der Waals surface area contributed by atoms with Gasteiger partial charge in [-0.05, 0) is 52.3 Å². The number of likely N-dealkylation sites (tertiary alicyclic amines) is 1. The number of hydrogen-bond acceptors (Lipinski definition) is 4. The van der Waals surface area contributed by atoms with Gasteiger partial charge in [-0.15, -0.1) is 0 Å². The highest BCUT2D eigenvalue weighted by Gasteiger charge is 2.26. The molecule has 0 spiro atoms. The van der Waals surface area contributed by atoms with Gasteiger partial charge in [0.25, 0.3) is 0 Å². The molecule has 0 radical (unpaired) electrons. The third kappa shape index (κ3) is 5.87. The molecule has 1 N–H and O–H groups in total. The summed E-state index contributed by atoms with van der Waals surface area (Å²) >= 11 is 6.11. The van der Waals surface area contributed by atoms with Gasteiger partial charge in [0.2, 0.25) is 0 Å². The van der Waals surface area contributed by atoms with Gasteiger partial charge in [0.1, 0.15) is 11.4 Å². The molecule has 5 nitrogen and oxygen atoms in total. The van der Waals surface area contributed by atoms with Gasteiger partial charge in [0.05, 0.1) is 6.61 Å². The third-order valence-electron chi connectivity index (χ3n) is 3.71. The maximum absolute atomic E-state index is 11.9. The summed E-state index contributed by atoms with van der Waals surface area (Å²) < 4.78 is 11.0. The second-order valence-electron chi connectivity index (χ2n) is 7.05. The molecule has 1 atom stereocenters. The average Bonchev–Trinajstić information content (AvgIpc) is 2.87. The summed E-state index contributed by atoms with van der Waals surface area (Å²) in [4.78, 5) is 14.2. The minimum absolute atomic E-state index is 0.106. The first kappa shape index (κ1) is 18.9. The van der Waals surface area contributed by atoms with E-state index in [0.29, 0.717) is 11.6 Å². The van der Waals surface area contributed by atoms with E-state index in [9.17, 15) is 4.79 Å². The SMILES string of the molecule is CCOc1ccc(Cl)cc1CN1CC[C@H](NC(=O)OC(C)(C)C)C1. The molecule has 0 aromatic heterocycles. The molecule has 24 heavy (non-hydrogen) atoms. The lowest BCUT2D eigenvalue weighted by molar-refractivity contribution is 0.0505. The minimum atomic E-state index is -0.477. The van der Waals surface area contributed by atoms with E-state index >= 15 is 0 Å². The summed E-state index contributed by atoms with van der Waals surface area (Å²) in [7, 11) is 0. The Labute approximate surface area is 149 Å². The Morgan fingerprint density at radius 3 is 2.83 bits per heavy atom. The normalized spacial score (nSPS) is 18.5. The summed E-state index contributed by atoms with van der Waals surface area (Å²) in [6.45, 7) is 10.6. The van der Waals surface area contributed by atoms with Crippen LogP contribution in [-0.2, 0) is 11.3 Å². The number of hydrogen-bond donors (Lipinski definition) is 1. The van der Waals surface area contributed by atoms with Crippen molar-refractivity contribution in [2.75, 3.05) is 19.7 Å². The molecule has 1 amide bonds. The Morgan fingerprint density at radius 1 is 1.42 bits per heavy atom. The van der Waals surface area contributed by atoms with Crippen LogP contribution in [0.25, 0.3) is 0 Å². The first-order valence-electron chi connectivity index (χ1n) is 8.40. The number of rotatable bonds is 5. The topological polar surface area (TPSA) is 50.8 Å². The second-order valence-corrected chi connectivity index (χ2v) is 7.49. The number of carbonyl (C=O) groups excluding carboxylic acids is 1. The summed E-state index contributed by atoms with van der Waals surface area (Å²) in [5.74, 6) is 0.866. The molecule has 134 valence electrons. The fraction of sp³-hybridized carbons (Fsp3) is 0.611. The van der Waals surface area contributed by atoms with Crippen LogP contribution in [0.15, 0.2) is 18.2 Å². The number of halogens is 1.